The monoisotopic (exact) mass is 476 g/mol. The van der Waals surface area contributed by atoms with Crippen LogP contribution in [0.3, 0.4) is 0 Å². The average Bonchev–Trinajstić information content (AvgIpc) is 3.30. The van der Waals surface area contributed by atoms with Gasteiger partial charge in [-0.2, -0.15) is 0 Å². The van der Waals surface area contributed by atoms with Gasteiger partial charge in [0.05, 0.1) is 17.1 Å². The van der Waals surface area contributed by atoms with Crippen molar-refractivity contribution in [3.8, 4) is 11.5 Å². The van der Waals surface area contributed by atoms with Crippen molar-refractivity contribution in [3.05, 3.63) is 83.2 Å². The van der Waals surface area contributed by atoms with E-state index in [-0.39, 0.29) is 37.4 Å². The third-order valence-corrected chi connectivity index (χ3v) is 5.79. The van der Waals surface area contributed by atoms with E-state index < -0.39 is 0 Å². The van der Waals surface area contributed by atoms with E-state index in [0.717, 1.165) is 10.8 Å². The Bertz CT molecular complexity index is 1320. The van der Waals surface area contributed by atoms with E-state index in [1.54, 1.807) is 23.1 Å². The number of fused-ring (bicyclic) bond motifs is 1. The molecule has 0 spiro atoms. The number of hydrogen-bond donors (Lipinski definition) is 1. The molecule has 0 saturated heterocycles. The molecule has 8 heteroatoms. The molecule has 34 heavy (non-hydrogen) atoms. The van der Waals surface area contributed by atoms with Crippen LogP contribution in [0.4, 0.5) is 0 Å². The SMILES string of the molecule is CC(C)N(Cc1nnc(-c2ccccc2Cl)o1)C(=O)CCNC(=O)c1ccc2ccccc2c1. The van der Waals surface area contributed by atoms with Crippen LogP contribution in [-0.4, -0.2) is 39.5 Å². The van der Waals surface area contributed by atoms with Crippen molar-refractivity contribution >= 4 is 34.2 Å². The van der Waals surface area contributed by atoms with Gasteiger partial charge in [0.1, 0.15) is 0 Å². The summed E-state index contributed by atoms with van der Waals surface area (Å²) in [5, 5.41) is 13.5. The fourth-order valence-electron chi connectivity index (χ4n) is 3.62. The van der Waals surface area contributed by atoms with Crippen LogP contribution in [0.15, 0.2) is 71.1 Å². The van der Waals surface area contributed by atoms with Crippen molar-refractivity contribution < 1.29 is 14.0 Å². The van der Waals surface area contributed by atoms with Gasteiger partial charge in [-0.15, -0.1) is 10.2 Å². The predicted molar refractivity (Wildman–Crippen MR) is 131 cm³/mol. The first-order valence-electron chi connectivity index (χ1n) is 11.1. The summed E-state index contributed by atoms with van der Waals surface area (Å²) in [5.41, 5.74) is 1.20. The zero-order chi connectivity index (χ0) is 24.1. The summed E-state index contributed by atoms with van der Waals surface area (Å²) in [5.74, 6) is 0.291. The number of carbonyl (C=O) groups is 2. The van der Waals surface area contributed by atoms with E-state index in [1.165, 1.54) is 0 Å². The number of aromatic nitrogens is 2. The van der Waals surface area contributed by atoms with Crippen LogP contribution in [0, 0.1) is 0 Å². The number of hydrogen-bond acceptors (Lipinski definition) is 5. The van der Waals surface area contributed by atoms with E-state index in [0.29, 0.717) is 27.9 Å². The Morgan fingerprint density at radius 3 is 2.50 bits per heavy atom. The van der Waals surface area contributed by atoms with Crippen LogP contribution in [0.1, 0.15) is 36.5 Å². The van der Waals surface area contributed by atoms with Crippen molar-refractivity contribution in [2.45, 2.75) is 32.9 Å². The number of carbonyl (C=O) groups excluding carboxylic acids is 2. The van der Waals surface area contributed by atoms with Crippen LogP contribution in [-0.2, 0) is 11.3 Å². The number of rotatable bonds is 8. The van der Waals surface area contributed by atoms with Crippen molar-refractivity contribution in [3.63, 3.8) is 0 Å². The van der Waals surface area contributed by atoms with E-state index in [1.807, 2.05) is 62.4 Å². The van der Waals surface area contributed by atoms with Crippen LogP contribution in [0.5, 0.6) is 0 Å². The third kappa shape index (κ3) is 5.43. The number of amides is 2. The van der Waals surface area contributed by atoms with E-state index in [4.69, 9.17) is 16.0 Å². The maximum Gasteiger partial charge on any atom is 0.251 e. The molecule has 0 aliphatic carbocycles. The standard InChI is InChI=1S/C26H25ClN4O3/c1-17(2)31(16-23-29-30-26(34-23)21-9-5-6-10-22(21)27)24(32)13-14-28-25(33)20-12-11-18-7-3-4-8-19(18)15-20/h3-12,15,17H,13-14,16H2,1-2H3,(H,28,33). The van der Waals surface area contributed by atoms with Gasteiger partial charge in [0.15, 0.2) is 0 Å². The molecule has 7 nitrogen and oxygen atoms in total. The van der Waals surface area contributed by atoms with Gasteiger partial charge in [-0.05, 0) is 48.9 Å². The molecule has 0 radical (unpaired) electrons. The molecule has 0 aliphatic rings. The minimum absolute atomic E-state index is 0.0839. The van der Waals surface area contributed by atoms with E-state index in [9.17, 15) is 9.59 Å². The van der Waals surface area contributed by atoms with E-state index >= 15 is 0 Å². The maximum absolute atomic E-state index is 12.9. The lowest BCUT2D eigenvalue weighted by molar-refractivity contribution is -0.133. The summed E-state index contributed by atoms with van der Waals surface area (Å²) in [7, 11) is 0. The van der Waals surface area contributed by atoms with Crippen molar-refractivity contribution in [1.82, 2.24) is 20.4 Å². The minimum Gasteiger partial charge on any atom is -0.419 e. The Hall–Kier alpha value is -3.71. The van der Waals surface area contributed by atoms with Gasteiger partial charge >= 0.3 is 0 Å². The van der Waals surface area contributed by atoms with Gasteiger partial charge in [0.2, 0.25) is 17.7 Å². The Morgan fingerprint density at radius 1 is 1.00 bits per heavy atom. The Balaban J connectivity index is 1.35. The lowest BCUT2D eigenvalue weighted by atomic mass is 10.1. The summed E-state index contributed by atoms with van der Waals surface area (Å²) in [4.78, 5) is 27.1. The number of nitrogens with one attached hydrogen (secondary N) is 1. The first-order chi connectivity index (χ1) is 16.4. The summed E-state index contributed by atoms with van der Waals surface area (Å²) >= 11 is 6.20. The molecule has 174 valence electrons. The fourth-order valence-corrected chi connectivity index (χ4v) is 3.84. The highest BCUT2D eigenvalue weighted by molar-refractivity contribution is 6.33. The first-order valence-corrected chi connectivity index (χ1v) is 11.4. The van der Waals surface area contributed by atoms with Crippen molar-refractivity contribution in [1.29, 1.82) is 0 Å². The molecule has 0 aliphatic heterocycles. The van der Waals surface area contributed by atoms with E-state index in [2.05, 4.69) is 15.5 Å². The zero-order valence-electron chi connectivity index (χ0n) is 19.0. The second-order valence-electron chi connectivity index (χ2n) is 8.16. The number of nitrogens with zero attached hydrogens (tertiary/aromatic N) is 3. The summed E-state index contributed by atoms with van der Waals surface area (Å²) in [6.45, 7) is 4.23. The third-order valence-electron chi connectivity index (χ3n) is 5.46. The summed E-state index contributed by atoms with van der Waals surface area (Å²) in [6.07, 6.45) is 0.156. The van der Waals surface area contributed by atoms with Gasteiger partial charge in [0, 0.05) is 24.6 Å². The smallest absolute Gasteiger partial charge is 0.251 e. The molecule has 4 rings (SSSR count). The van der Waals surface area contributed by atoms with Crippen LogP contribution < -0.4 is 5.32 Å². The van der Waals surface area contributed by atoms with Gasteiger partial charge in [-0.25, -0.2) is 0 Å². The molecular weight excluding hydrogens is 452 g/mol. The predicted octanol–water partition coefficient (Wildman–Crippen LogP) is 5.10. The molecule has 0 saturated carbocycles. The molecule has 1 aromatic heterocycles. The maximum atomic E-state index is 12.9. The summed E-state index contributed by atoms with van der Waals surface area (Å²) < 4.78 is 5.75. The molecule has 0 unspecified atom stereocenters. The highest BCUT2D eigenvalue weighted by Crippen LogP contribution is 2.26. The van der Waals surface area contributed by atoms with Crippen molar-refractivity contribution in [2.75, 3.05) is 6.54 Å². The lowest BCUT2D eigenvalue weighted by Gasteiger charge is -2.25. The van der Waals surface area contributed by atoms with Crippen LogP contribution in [0.25, 0.3) is 22.2 Å². The molecule has 0 bridgehead atoms. The molecule has 0 atom stereocenters. The van der Waals surface area contributed by atoms with Gasteiger partial charge in [-0.1, -0.05) is 54.1 Å². The minimum atomic E-state index is -0.212. The highest BCUT2D eigenvalue weighted by Gasteiger charge is 2.21. The molecule has 3 aromatic carbocycles. The molecule has 4 aromatic rings. The van der Waals surface area contributed by atoms with Crippen LogP contribution in [0.2, 0.25) is 5.02 Å². The van der Waals surface area contributed by atoms with Gasteiger partial charge in [0.25, 0.3) is 5.91 Å². The second kappa shape index (κ2) is 10.5. The molecule has 2 amide bonds. The van der Waals surface area contributed by atoms with Crippen LogP contribution >= 0.6 is 11.6 Å². The Kier molecular flexibility index (Phi) is 7.23. The highest BCUT2D eigenvalue weighted by atomic mass is 35.5. The fraction of sp³-hybridized carbons (Fsp3) is 0.231. The normalized spacial score (nSPS) is 11.1. The average molecular weight is 477 g/mol. The molecule has 1 heterocycles. The quantitative estimate of drug-likeness (QED) is 0.382. The second-order valence-corrected chi connectivity index (χ2v) is 8.57. The molecule has 0 fully saturated rings. The van der Waals surface area contributed by atoms with Gasteiger partial charge in [-0.3, -0.25) is 9.59 Å². The molecular formula is C26H25ClN4O3. The number of benzene rings is 3. The molecule has 1 N–H and O–H groups in total. The summed E-state index contributed by atoms with van der Waals surface area (Å²) in [6, 6.07) is 20.5. The number of halogens is 1. The first kappa shape index (κ1) is 23.4. The topological polar surface area (TPSA) is 88.3 Å². The van der Waals surface area contributed by atoms with Gasteiger partial charge < -0.3 is 14.6 Å². The zero-order valence-corrected chi connectivity index (χ0v) is 19.7. The van der Waals surface area contributed by atoms with Crippen molar-refractivity contribution in [2.24, 2.45) is 0 Å². The lowest BCUT2D eigenvalue weighted by Crippen LogP contribution is -2.38. The largest absolute Gasteiger partial charge is 0.419 e. The Labute approximate surface area is 202 Å². The Morgan fingerprint density at radius 2 is 1.74 bits per heavy atom.